The van der Waals surface area contributed by atoms with Crippen LogP contribution < -0.4 is 16.2 Å². The number of hydrogen-bond acceptors (Lipinski definition) is 6. The maximum absolute atomic E-state index is 14.8. The second-order valence-corrected chi connectivity index (χ2v) is 10.2. The zero-order chi connectivity index (χ0) is 27.8. The molecule has 1 fully saturated rings. The molecular weight excluding hydrogens is 495 g/mol. The van der Waals surface area contributed by atoms with Crippen LogP contribution in [-0.2, 0) is 7.05 Å². The molecule has 0 unspecified atom stereocenters. The van der Waals surface area contributed by atoms with Crippen LogP contribution in [0.5, 0.6) is 5.75 Å². The fourth-order valence-electron chi connectivity index (χ4n) is 5.70. The van der Waals surface area contributed by atoms with Crippen molar-refractivity contribution in [3.05, 3.63) is 71.1 Å². The normalized spacial score (nSPS) is 17.3. The summed E-state index contributed by atoms with van der Waals surface area (Å²) in [6.45, 7) is 4.06. The second-order valence-electron chi connectivity index (χ2n) is 10.2. The van der Waals surface area contributed by atoms with Crippen LogP contribution in [0.4, 0.5) is 4.39 Å². The molecular formula is C30H33FN6O2. The van der Waals surface area contributed by atoms with Crippen molar-refractivity contribution in [2.75, 3.05) is 7.11 Å². The zero-order valence-corrected chi connectivity index (χ0v) is 22.7. The Kier molecular flexibility index (Phi) is 7.18. The van der Waals surface area contributed by atoms with Crippen molar-refractivity contribution in [1.82, 2.24) is 19.7 Å². The maximum atomic E-state index is 14.8. The number of nitrogens with zero attached hydrogens (tertiary/aromatic N) is 4. The molecule has 202 valence electrons. The van der Waals surface area contributed by atoms with Crippen molar-refractivity contribution in [2.24, 2.45) is 18.5 Å². The number of amides is 1. The average molecular weight is 529 g/mol. The SMILES string of the molecule is COc1cccc(F)c1-c1ncc(-c2ccc(-c3c(C)nn(C)c3C)cc2C2CCC(N)CC2)c(C(N)=O)n1. The summed E-state index contributed by atoms with van der Waals surface area (Å²) in [6.07, 6.45) is 5.26. The van der Waals surface area contributed by atoms with Crippen molar-refractivity contribution in [3.8, 4) is 39.4 Å². The Labute approximate surface area is 227 Å². The van der Waals surface area contributed by atoms with Crippen molar-refractivity contribution in [3.63, 3.8) is 0 Å². The van der Waals surface area contributed by atoms with E-state index in [1.807, 2.05) is 30.8 Å². The van der Waals surface area contributed by atoms with Crippen LogP contribution in [0.1, 0.15) is 59.0 Å². The van der Waals surface area contributed by atoms with E-state index < -0.39 is 11.7 Å². The Balaban J connectivity index is 1.69. The molecule has 8 nitrogen and oxygen atoms in total. The number of aromatic nitrogens is 4. The lowest BCUT2D eigenvalue weighted by molar-refractivity contribution is 0.0996. The number of primary amides is 1. The molecule has 0 aliphatic heterocycles. The van der Waals surface area contributed by atoms with E-state index in [1.54, 1.807) is 12.3 Å². The van der Waals surface area contributed by atoms with E-state index in [1.165, 1.54) is 19.2 Å². The quantitative estimate of drug-likeness (QED) is 0.361. The van der Waals surface area contributed by atoms with Gasteiger partial charge in [-0.15, -0.1) is 0 Å². The number of aryl methyl sites for hydroxylation is 2. The van der Waals surface area contributed by atoms with E-state index >= 15 is 0 Å². The number of carbonyl (C=O) groups excluding carboxylic acids is 1. The van der Waals surface area contributed by atoms with Crippen molar-refractivity contribution >= 4 is 5.91 Å². The predicted octanol–water partition coefficient (Wildman–Crippen LogP) is 5.06. The van der Waals surface area contributed by atoms with Gasteiger partial charge in [-0.1, -0.05) is 24.3 Å². The molecule has 5 rings (SSSR count). The summed E-state index contributed by atoms with van der Waals surface area (Å²) in [4.78, 5) is 21.6. The molecule has 0 radical (unpaired) electrons. The van der Waals surface area contributed by atoms with Gasteiger partial charge in [0.05, 0.1) is 18.4 Å². The van der Waals surface area contributed by atoms with Crippen LogP contribution in [0.25, 0.3) is 33.6 Å². The molecule has 39 heavy (non-hydrogen) atoms. The van der Waals surface area contributed by atoms with Crippen LogP contribution in [0.3, 0.4) is 0 Å². The fraction of sp³-hybridized carbons (Fsp3) is 0.333. The summed E-state index contributed by atoms with van der Waals surface area (Å²) < 4.78 is 22.0. The molecule has 4 N–H and O–H groups in total. The van der Waals surface area contributed by atoms with Gasteiger partial charge in [0.2, 0.25) is 0 Å². The Morgan fingerprint density at radius 1 is 1.08 bits per heavy atom. The highest BCUT2D eigenvalue weighted by atomic mass is 19.1. The number of halogens is 1. The highest BCUT2D eigenvalue weighted by Crippen LogP contribution is 2.42. The van der Waals surface area contributed by atoms with Crippen LogP contribution in [-0.4, -0.2) is 38.8 Å². The van der Waals surface area contributed by atoms with Gasteiger partial charge in [0.25, 0.3) is 5.91 Å². The zero-order valence-electron chi connectivity index (χ0n) is 22.7. The van der Waals surface area contributed by atoms with Gasteiger partial charge in [0.1, 0.15) is 17.3 Å². The van der Waals surface area contributed by atoms with E-state index in [4.69, 9.17) is 16.2 Å². The van der Waals surface area contributed by atoms with Crippen LogP contribution in [0, 0.1) is 19.7 Å². The van der Waals surface area contributed by atoms with Crippen LogP contribution >= 0.6 is 0 Å². The summed E-state index contributed by atoms with van der Waals surface area (Å²) in [5.41, 5.74) is 18.8. The molecule has 0 atom stereocenters. The van der Waals surface area contributed by atoms with E-state index in [-0.39, 0.29) is 34.8 Å². The van der Waals surface area contributed by atoms with Gasteiger partial charge in [-0.05, 0) is 74.3 Å². The number of methoxy groups -OCH3 is 1. The summed E-state index contributed by atoms with van der Waals surface area (Å²) in [7, 11) is 3.38. The number of benzene rings is 2. The van der Waals surface area contributed by atoms with Crippen molar-refractivity contribution in [2.45, 2.75) is 51.5 Å². The minimum atomic E-state index is -0.719. The summed E-state index contributed by atoms with van der Waals surface area (Å²) >= 11 is 0. The average Bonchev–Trinajstić information content (AvgIpc) is 3.18. The number of carbonyl (C=O) groups is 1. The molecule has 2 heterocycles. The third-order valence-corrected chi connectivity index (χ3v) is 7.79. The van der Waals surface area contributed by atoms with Gasteiger partial charge in [-0.2, -0.15) is 5.10 Å². The largest absolute Gasteiger partial charge is 0.496 e. The number of rotatable bonds is 6. The van der Waals surface area contributed by atoms with Crippen molar-refractivity contribution < 1.29 is 13.9 Å². The lowest BCUT2D eigenvalue weighted by atomic mass is 9.78. The first kappa shape index (κ1) is 26.5. The molecule has 1 aliphatic carbocycles. The Morgan fingerprint density at radius 2 is 1.82 bits per heavy atom. The summed E-state index contributed by atoms with van der Waals surface area (Å²) in [5.74, 6) is -0.731. The molecule has 0 saturated heterocycles. The minimum Gasteiger partial charge on any atom is -0.496 e. The number of nitrogens with two attached hydrogens (primary N) is 2. The lowest BCUT2D eigenvalue weighted by Gasteiger charge is -2.28. The van der Waals surface area contributed by atoms with Gasteiger partial charge in [-0.3, -0.25) is 9.48 Å². The van der Waals surface area contributed by atoms with E-state index in [0.717, 1.165) is 59.3 Å². The smallest absolute Gasteiger partial charge is 0.268 e. The molecule has 1 amide bonds. The third kappa shape index (κ3) is 4.90. The first-order valence-electron chi connectivity index (χ1n) is 13.1. The third-order valence-electron chi connectivity index (χ3n) is 7.79. The molecule has 2 aromatic heterocycles. The standard InChI is InChI=1S/C30H33FN6O2/c1-16-26(17(2)37(3)36-16)19-10-13-21(22(14-19)18-8-11-20(32)12-9-18)23-15-34-30(35-28(23)29(33)38)27-24(31)6-5-7-25(27)39-4/h5-7,10,13-15,18,20H,8-9,11-12,32H2,1-4H3,(H2,33,38). The fourth-order valence-corrected chi connectivity index (χ4v) is 5.70. The Hall–Kier alpha value is -4.11. The monoisotopic (exact) mass is 528 g/mol. The number of ether oxygens (including phenoxy) is 1. The van der Waals surface area contributed by atoms with Gasteiger partial charge in [-0.25, -0.2) is 14.4 Å². The number of hydrogen-bond donors (Lipinski definition) is 2. The molecule has 9 heteroatoms. The Morgan fingerprint density at radius 3 is 2.46 bits per heavy atom. The molecule has 1 aliphatic rings. The van der Waals surface area contributed by atoms with E-state index in [9.17, 15) is 9.18 Å². The van der Waals surface area contributed by atoms with Gasteiger partial charge in [0, 0.05) is 36.1 Å². The molecule has 2 aromatic carbocycles. The summed E-state index contributed by atoms with van der Waals surface area (Å²) in [5, 5.41) is 4.59. The van der Waals surface area contributed by atoms with E-state index in [2.05, 4.69) is 28.1 Å². The highest BCUT2D eigenvalue weighted by Gasteiger charge is 2.27. The maximum Gasteiger partial charge on any atom is 0.268 e. The minimum absolute atomic E-state index is 0.0283. The first-order valence-corrected chi connectivity index (χ1v) is 13.1. The predicted molar refractivity (Wildman–Crippen MR) is 149 cm³/mol. The second kappa shape index (κ2) is 10.6. The van der Waals surface area contributed by atoms with E-state index in [0.29, 0.717) is 5.56 Å². The van der Waals surface area contributed by atoms with Crippen LogP contribution in [0.15, 0.2) is 42.6 Å². The first-order chi connectivity index (χ1) is 18.7. The summed E-state index contributed by atoms with van der Waals surface area (Å²) in [6, 6.07) is 10.9. The highest BCUT2D eigenvalue weighted by molar-refractivity contribution is 5.99. The van der Waals surface area contributed by atoms with Crippen LogP contribution in [0.2, 0.25) is 0 Å². The lowest BCUT2D eigenvalue weighted by Crippen LogP contribution is -2.26. The molecule has 4 aromatic rings. The molecule has 0 bridgehead atoms. The van der Waals surface area contributed by atoms with Gasteiger partial charge < -0.3 is 16.2 Å². The van der Waals surface area contributed by atoms with Crippen molar-refractivity contribution in [1.29, 1.82) is 0 Å². The molecule has 0 spiro atoms. The van der Waals surface area contributed by atoms with Gasteiger partial charge in [0.15, 0.2) is 5.82 Å². The van der Waals surface area contributed by atoms with Gasteiger partial charge >= 0.3 is 0 Å². The molecule has 1 saturated carbocycles. The Bertz CT molecular complexity index is 1560. The topological polar surface area (TPSA) is 122 Å².